The number of thiazole rings is 1. The Morgan fingerprint density at radius 3 is 2.69 bits per heavy atom. The Hall–Kier alpha value is -0.930. The fourth-order valence-corrected chi connectivity index (χ4v) is 2.67. The maximum absolute atomic E-state index is 5.69. The molecule has 2 rings (SSSR count). The predicted molar refractivity (Wildman–Crippen MR) is 71.2 cm³/mol. The summed E-state index contributed by atoms with van der Waals surface area (Å²) in [5.74, 6) is 0.932. The first-order chi connectivity index (χ1) is 7.61. The molecule has 0 aliphatic rings. The summed E-state index contributed by atoms with van der Waals surface area (Å²) < 4.78 is 1.28. The third-order valence-corrected chi connectivity index (χ3v) is 4.16. The lowest BCUT2D eigenvalue weighted by atomic mass is 10.0. The van der Waals surface area contributed by atoms with E-state index in [1.807, 2.05) is 0 Å². The number of nitrogens with zero attached hydrogens (tertiary/aromatic N) is 1. The molecule has 1 unspecified atom stereocenters. The summed E-state index contributed by atoms with van der Waals surface area (Å²) in [6.07, 6.45) is 0. The van der Waals surface area contributed by atoms with Gasteiger partial charge in [0.2, 0.25) is 0 Å². The summed E-state index contributed by atoms with van der Waals surface area (Å²) in [4.78, 5) is 4.63. The summed E-state index contributed by atoms with van der Waals surface area (Å²) >= 11 is 1.80. The Bertz CT molecular complexity index is 488. The van der Waals surface area contributed by atoms with Gasteiger partial charge in [-0.05, 0) is 30.2 Å². The van der Waals surface area contributed by atoms with Crippen molar-refractivity contribution in [2.24, 2.45) is 5.73 Å². The highest BCUT2D eigenvalue weighted by Crippen LogP contribution is 2.29. The van der Waals surface area contributed by atoms with Crippen molar-refractivity contribution in [3.8, 4) is 0 Å². The molecule has 86 valence electrons. The lowest BCUT2D eigenvalue weighted by molar-refractivity contribution is 0.775. The van der Waals surface area contributed by atoms with E-state index in [4.69, 9.17) is 5.73 Å². The molecule has 0 aliphatic heterocycles. The lowest BCUT2D eigenvalue weighted by Gasteiger charge is -2.07. The van der Waals surface area contributed by atoms with E-state index in [1.54, 1.807) is 11.3 Å². The molecule has 0 spiro atoms. The molecule has 0 fully saturated rings. The molecule has 1 heterocycles. The molecule has 2 nitrogen and oxygen atoms in total. The number of hydrogen-bond acceptors (Lipinski definition) is 3. The van der Waals surface area contributed by atoms with E-state index in [9.17, 15) is 0 Å². The summed E-state index contributed by atoms with van der Waals surface area (Å²) in [7, 11) is 0. The average Bonchev–Trinajstić information content (AvgIpc) is 2.70. The lowest BCUT2D eigenvalue weighted by Crippen LogP contribution is -2.08. The van der Waals surface area contributed by atoms with Crippen molar-refractivity contribution in [3.63, 3.8) is 0 Å². The van der Waals surface area contributed by atoms with Crippen LogP contribution in [0.4, 0.5) is 0 Å². The van der Waals surface area contributed by atoms with Gasteiger partial charge in [-0.3, -0.25) is 0 Å². The first-order valence-corrected chi connectivity index (χ1v) is 6.54. The van der Waals surface area contributed by atoms with Crippen LogP contribution in [0.25, 0.3) is 10.2 Å². The number of nitrogens with two attached hydrogens (primary N) is 1. The van der Waals surface area contributed by atoms with Crippen molar-refractivity contribution >= 4 is 21.6 Å². The van der Waals surface area contributed by atoms with Crippen LogP contribution in [0.15, 0.2) is 18.2 Å². The molecule has 0 saturated carbocycles. The van der Waals surface area contributed by atoms with Crippen molar-refractivity contribution in [3.05, 3.63) is 28.8 Å². The zero-order valence-corrected chi connectivity index (χ0v) is 10.8. The fraction of sp³-hybridized carbons (Fsp3) is 0.462. The SMILES string of the molecule is CC(C)c1nc2ccc(C(C)CN)cc2s1. The van der Waals surface area contributed by atoms with E-state index in [0.717, 1.165) is 5.52 Å². The maximum Gasteiger partial charge on any atom is 0.0963 e. The summed E-state index contributed by atoms with van der Waals surface area (Å²) in [6.45, 7) is 7.22. The predicted octanol–water partition coefficient (Wildman–Crippen LogP) is 3.48. The van der Waals surface area contributed by atoms with Crippen LogP contribution < -0.4 is 5.73 Å². The van der Waals surface area contributed by atoms with E-state index in [0.29, 0.717) is 18.4 Å². The van der Waals surface area contributed by atoms with Gasteiger partial charge in [-0.15, -0.1) is 11.3 Å². The first-order valence-electron chi connectivity index (χ1n) is 5.72. The molecular formula is C13H18N2S. The summed E-state index contributed by atoms with van der Waals surface area (Å²) in [5, 5.41) is 1.22. The molecule has 2 N–H and O–H groups in total. The highest BCUT2D eigenvalue weighted by atomic mass is 32.1. The van der Waals surface area contributed by atoms with Crippen LogP contribution in [-0.2, 0) is 0 Å². The molecular weight excluding hydrogens is 216 g/mol. The zero-order valence-electron chi connectivity index (χ0n) is 10.0. The van der Waals surface area contributed by atoms with E-state index < -0.39 is 0 Å². The van der Waals surface area contributed by atoms with Gasteiger partial charge in [0.05, 0.1) is 15.2 Å². The second kappa shape index (κ2) is 4.52. The van der Waals surface area contributed by atoms with Crippen molar-refractivity contribution in [1.29, 1.82) is 0 Å². The van der Waals surface area contributed by atoms with Gasteiger partial charge in [0.15, 0.2) is 0 Å². The molecule has 0 amide bonds. The minimum Gasteiger partial charge on any atom is -0.330 e. The largest absolute Gasteiger partial charge is 0.330 e. The van der Waals surface area contributed by atoms with Crippen LogP contribution in [-0.4, -0.2) is 11.5 Å². The van der Waals surface area contributed by atoms with Crippen LogP contribution >= 0.6 is 11.3 Å². The van der Waals surface area contributed by atoms with Gasteiger partial charge in [-0.2, -0.15) is 0 Å². The molecule has 1 aromatic heterocycles. The maximum atomic E-state index is 5.69. The molecule has 0 saturated heterocycles. The third-order valence-electron chi connectivity index (χ3n) is 2.85. The smallest absolute Gasteiger partial charge is 0.0963 e. The van der Waals surface area contributed by atoms with Crippen molar-refractivity contribution < 1.29 is 0 Å². The third kappa shape index (κ3) is 2.11. The van der Waals surface area contributed by atoms with Gasteiger partial charge < -0.3 is 5.73 Å². The van der Waals surface area contributed by atoms with Crippen LogP contribution in [0.1, 0.15) is 43.2 Å². The summed E-state index contributed by atoms with van der Waals surface area (Å²) in [6, 6.07) is 6.49. The average molecular weight is 234 g/mol. The monoisotopic (exact) mass is 234 g/mol. The van der Waals surface area contributed by atoms with E-state index in [1.165, 1.54) is 15.3 Å². The topological polar surface area (TPSA) is 38.9 Å². The molecule has 1 atom stereocenters. The highest BCUT2D eigenvalue weighted by molar-refractivity contribution is 7.18. The Kier molecular flexibility index (Phi) is 3.26. The quantitative estimate of drug-likeness (QED) is 0.883. The Labute approximate surface area is 101 Å². The molecule has 2 aromatic rings. The summed E-state index contributed by atoms with van der Waals surface area (Å²) in [5.41, 5.74) is 8.12. The highest BCUT2D eigenvalue weighted by Gasteiger charge is 2.09. The number of rotatable bonds is 3. The Balaban J connectivity index is 2.45. The van der Waals surface area contributed by atoms with Gasteiger partial charge >= 0.3 is 0 Å². The van der Waals surface area contributed by atoms with Gasteiger partial charge in [-0.1, -0.05) is 26.8 Å². The molecule has 0 bridgehead atoms. The second-order valence-corrected chi connectivity index (χ2v) is 5.63. The van der Waals surface area contributed by atoms with E-state index in [2.05, 4.69) is 44.0 Å². The number of fused-ring (bicyclic) bond motifs is 1. The van der Waals surface area contributed by atoms with Crippen LogP contribution in [0.3, 0.4) is 0 Å². The Morgan fingerprint density at radius 2 is 2.06 bits per heavy atom. The standard InChI is InChI=1S/C13H18N2S/c1-8(2)13-15-11-5-4-10(9(3)7-14)6-12(11)16-13/h4-6,8-9H,7,14H2,1-3H3. The molecule has 16 heavy (non-hydrogen) atoms. The molecule has 0 aliphatic carbocycles. The number of aromatic nitrogens is 1. The van der Waals surface area contributed by atoms with Gasteiger partial charge in [0.25, 0.3) is 0 Å². The van der Waals surface area contributed by atoms with E-state index >= 15 is 0 Å². The fourth-order valence-electron chi connectivity index (χ4n) is 1.65. The van der Waals surface area contributed by atoms with Crippen LogP contribution in [0, 0.1) is 0 Å². The zero-order chi connectivity index (χ0) is 11.7. The van der Waals surface area contributed by atoms with Gasteiger partial charge in [0, 0.05) is 5.92 Å². The molecule has 0 radical (unpaired) electrons. The normalized spacial score (nSPS) is 13.6. The van der Waals surface area contributed by atoms with Crippen molar-refractivity contribution in [2.75, 3.05) is 6.54 Å². The van der Waals surface area contributed by atoms with Gasteiger partial charge in [-0.25, -0.2) is 4.98 Å². The Morgan fingerprint density at radius 1 is 1.31 bits per heavy atom. The second-order valence-electron chi connectivity index (χ2n) is 4.57. The minimum absolute atomic E-state index is 0.425. The van der Waals surface area contributed by atoms with Crippen LogP contribution in [0.5, 0.6) is 0 Å². The minimum atomic E-state index is 0.425. The number of hydrogen-bond donors (Lipinski definition) is 1. The molecule has 1 aromatic carbocycles. The van der Waals surface area contributed by atoms with Crippen molar-refractivity contribution in [2.45, 2.75) is 32.6 Å². The van der Waals surface area contributed by atoms with E-state index in [-0.39, 0.29) is 0 Å². The van der Waals surface area contributed by atoms with Crippen LogP contribution in [0.2, 0.25) is 0 Å². The van der Waals surface area contributed by atoms with Gasteiger partial charge in [0.1, 0.15) is 0 Å². The first kappa shape index (κ1) is 11.6. The van der Waals surface area contributed by atoms with Crippen molar-refractivity contribution in [1.82, 2.24) is 4.98 Å². The molecule has 3 heteroatoms. The number of benzene rings is 1.